The third-order valence-electron chi connectivity index (χ3n) is 1.62. The van der Waals surface area contributed by atoms with E-state index < -0.39 is 5.97 Å². The summed E-state index contributed by atoms with van der Waals surface area (Å²) in [5.74, 6) is -0.784. The second-order valence-electron chi connectivity index (χ2n) is 3.96. The van der Waals surface area contributed by atoms with Gasteiger partial charge in [-0.1, -0.05) is 0 Å². The molecule has 78 valence electrons. The number of carboxylic acid groups (broad SMARTS) is 1. The highest BCUT2D eigenvalue weighted by molar-refractivity contribution is 5.67. The van der Waals surface area contributed by atoms with E-state index in [2.05, 4.69) is 5.32 Å². The number of hydrogen-bond donors (Lipinski definition) is 2. The lowest BCUT2D eigenvalue weighted by atomic mass is 10.0. The molecule has 0 rings (SSSR count). The molecule has 0 fully saturated rings. The first-order valence-corrected chi connectivity index (χ1v) is 4.36. The molecule has 0 aliphatic carbocycles. The Hall–Kier alpha value is -0.610. The fourth-order valence-corrected chi connectivity index (χ4v) is 1.38. The van der Waals surface area contributed by atoms with Crippen molar-refractivity contribution < 1.29 is 14.6 Å². The van der Waals surface area contributed by atoms with E-state index in [-0.39, 0.29) is 18.0 Å². The van der Waals surface area contributed by atoms with Gasteiger partial charge in [-0.3, -0.25) is 4.79 Å². The molecule has 0 aromatic rings. The third kappa shape index (κ3) is 6.54. The Kier molecular flexibility index (Phi) is 4.95. The molecule has 0 saturated carbocycles. The van der Waals surface area contributed by atoms with Crippen molar-refractivity contribution in [1.82, 2.24) is 5.32 Å². The Labute approximate surface area is 79.3 Å². The highest BCUT2D eigenvalue weighted by Gasteiger charge is 2.20. The van der Waals surface area contributed by atoms with Crippen molar-refractivity contribution >= 4 is 5.97 Å². The van der Waals surface area contributed by atoms with Gasteiger partial charge in [0.2, 0.25) is 0 Å². The van der Waals surface area contributed by atoms with Gasteiger partial charge in [0.15, 0.2) is 0 Å². The SMILES string of the molecule is COCC(C)(C)NC(C)CC(=O)O. The first-order valence-electron chi connectivity index (χ1n) is 4.36. The molecule has 1 unspecified atom stereocenters. The van der Waals surface area contributed by atoms with E-state index in [0.717, 1.165) is 0 Å². The van der Waals surface area contributed by atoms with Crippen LogP contribution >= 0.6 is 0 Å². The minimum Gasteiger partial charge on any atom is -0.481 e. The molecule has 0 radical (unpaired) electrons. The zero-order valence-electron chi connectivity index (χ0n) is 8.76. The number of rotatable bonds is 6. The van der Waals surface area contributed by atoms with Crippen LogP contribution in [0.1, 0.15) is 27.2 Å². The average molecular weight is 189 g/mol. The monoisotopic (exact) mass is 189 g/mol. The van der Waals surface area contributed by atoms with E-state index in [1.54, 1.807) is 7.11 Å². The summed E-state index contributed by atoms with van der Waals surface area (Å²) in [6, 6.07) is -0.0392. The van der Waals surface area contributed by atoms with E-state index in [9.17, 15) is 4.79 Å². The van der Waals surface area contributed by atoms with Gasteiger partial charge in [-0.2, -0.15) is 0 Å². The fourth-order valence-electron chi connectivity index (χ4n) is 1.38. The summed E-state index contributed by atoms with van der Waals surface area (Å²) in [4.78, 5) is 10.4. The number of methoxy groups -OCH3 is 1. The molecule has 0 aliphatic rings. The Morgan fingerprint density at radius 1 is 1.62 bits per heavy atom. The summed E-state index contributed by atoms with van der Waals surface area (Å²) in [7, 11) is 1.63. The van der Waals surface area contributed by atoms with Crippen molar-refractivity contribution in [1.29, 1.82) is 0 Å². The van der Waals surface area contributed by atoms with Gasteiger partial charge < -0.3 is 15.2 Å². The summed E-state index contributed by atoms with van der Waals surface area (Å²) >= 11 is 0. The summed E-state index contributed by atoms with van der Waals surface area (Å²) in [5.41, 5.74) is -0.177. The second-order valence-corrected chi connectivity index (χ2v) is 3.96. The standard InChI is InChI=1S/C9H19NO3/c1-7(5-8(11)12)10-9(2,3)6-13-4/h7,10H,5-6H2,1-4H3,(H,11,12). The molecule has 0 saturated heterocycles. The lowest BCUT2D eigenvalue weighted by molar-refractivity contribution is -0.137. The number of aliphatic carboxylic acids is 1. The summed E-state index contributed by atoms with van der Waals surface area (Å²) < 4.78 is 5.00. The average Bonchev–Trinajstić information content (AvgIpc) is 1.81. The van der Waals surface area contributed by atoms with Crippen LogP contribution < -0.4 is 5.32 Å². The molecule has 0 bridgehead atoms. The molecule has 4 nitrogen and oxygen atoms in total. The zero-order valence-corrected chi connectivity index (χ0v) is 8.76. The molecule has 0 spiro atoms. The van der Waals surface area contributed by atoms with E-state index in [0.29, 0.717) is 6.61 Å². The van der Waals surface area contributed by atoms with Crippen molar-refractivity contribution in [2.24, 2.45) is 0 Å². The minimum atomic E-state index is -0.784. The highest BCUT2D eigenvalue weighted by atomic mass is 16.5. The third-order valence-corrected chi connectivity index (χ3v) is 1.62. The molecule has 0 heterocycles. The van der Waals surface area contributed by atoms with Crippen molar-refractivity contribution in [2.45, 2.75) is 38.8 Å². The molecule has 4 heteroatoms. The Morgan fingerprint density at radius 3 is 2.54 bits per heavy atom. The Bertz CT molecular complexity index is 168. The van der Waals surface area contributed by atoms with Crippen LogP contribution in [0.4, 0.5) is 0 Å². The quantitative estimate of drug-likeness (QED) is 0.650. The molecule has 0 aliphatic heterocycles. The van der Waals surface area contributed by atoms with Crippen molar-refractivity contribution in [3.05, 3.63) is 0 Å². The predicted molar refractivity (Wildman–Crippen MR) is 50.8 cm³/mol. The van der Waals surface area contributed by atoms with Crippen LogP contribution in [0.2, 0.25) is 0 Å². The molecule has 0 amide bonds. The van der Waals surface area contributed by atoms with Crippen LogP contribution in [0.15, 0.2) is 0 Å². The number of carbonyl (C=O) groups is 1. The molecule has 1 atom stereocenters. The van der Waals surface area contributed by atoms with E-state index >= 15 is 0 Å². The van der Waals surface area contributed by atoms with Gasteiger partial charge in [0, 0.05) is 18.7 Å². The predicted octanol–water partition coefficient (Wildman–Crippen LogP) is 0.864. The summed E-state index contributed by atoms with van der Waals surface area (Å²) in [5, 5.41) is 11.7. The van der Waals surface area contributed by atoms with Gasteiger partial charge >= 0.3 is 5.97 Å². The van der Waals surface area contributed by atoms with Crippen LogP contribution in [0.25, 0.3) is 0 Å². The zero-order chi connectivity index (χ0) is 10.5. The van der Waals surface area contributed by atoms with Crippen LogP contribution in [-0.4, -0.2) is 36.4 Å². The van der Waals surface area contributed by atoms with Gasteiger partial charge in [0.05, 0.1) is 13.0 Å². The summed E-state index contributed by atoms with van der Waals surface area (Å²) in [6.45, 7) is 6.38. The van der Waals surface area contributed by atoms with Gasteiger partial charge in [0.1, 0.15) is 0 Å². The van der Waals surface area contributed by atoms with Crippen LogP contribution in [-0.2, 0) is 9.53 Å². The highest BCUT2D eigenvalue weighted by Crippen LogP contribution is 2.05. The van der Waals surface area contributed by atoms with Gasteiger partial charge in [-0.15, -0.1) is 0 Å². The van der Waals surface area contributed by atoms with Crippen molar-refractivity contribution in [3.63, 3.8) is 0 Å². The van der Waals surface area contributed by atoms with Crippen molar-refractivity contribution in [2.75, 3.05) is 13.7 Å². The van der Waals surface area contributed by atoms with Crippen molar-refractivity contribution in [3.8, 4) is 0 Å². The van der Waals surface area contributed by atoms with Gasteiger partial charge in [-0.25, -0.2) is 0 Å². The van der Waals surface area contributed by atoms with Gasteiger partial charge in [-0.05, 0) is 20.8 Å². The topological polar surface area (TPSA) is 58.6 Å². The molecule has 0 aromatic heterocycles. The minimum absolute atomic E-state index is 0.0392. The maximum atomic E-state index is 10.4. The maximum absolute atomic E-state index is 10.4. The fraction of sp³-hybridized carbons (Fsp3) is 0.889. The van der Waals surface area contributed by atoms with E-state index in [1.165, 1.54) is 0 Å². The van der Waals surface area contributed by atoms with Crippen LogP contribution in [0.3, 0.4) is 0 Å². The largest absolute Gasteiger partial charge is 0.481 e. The smallest absolute Gasteiger partial charge is 0.304 e. The van der Waals surface area contributed by atoms with E-state index in [1.807, 2.05) is 20.8 Å². The number of carboxylic acids is 1. The summed E-state index contributed by atoms with van der Waals surface area (Å²) in [6.07, 6.45) is 0.132. The number of hydrogen-bond acceptors (Lipinski definition) is 3. The first kappa shape index (κ1) is 12.4. The maximum Gasteiger partial charge on any atom is 0.304 e. The second kappa shape index (κ2) is 5.19. The van der Waals surface area contributed by atoms with E-state index in [4.69, 9.17) is 9.84 Å². The molecule has 13 heavy (non-hydrogen) atoms. The molecule has 2 N–H and O–H groups in total. The number of ether oxygens (including phenoxy) is 1. The molecule has 0 aromatic carbocycles. The normalized spacial score (nSPS) is 14.2. The number of nitrogens with one attached hydrogen (secondary N) is 1. The van der Waals surface area contributed by atoms with Crippen LogP contribution in [0, 0.1) is 0 Å². The first-order chi connectivity index (χ1) is 5.87. The van der Waals surface area contributed by atoms with Crippen LogP contribution in [0.5, 0.6) is 0 Å². The lowest BCUT2D eigenvalue weighted by Crippen LogP contribution is -2.48. The Balaban J connectivity index is 3.88. The van der Waals surface area contributed by atoms with Gasteiger partial charge in [0.25, 0.3) is 0 Å². The molecular formula is C9H19NO3. The molecular weight excluding hydrogens is 170 g/mol. The Morgan fingerprint density at radius 2 is 2.15 bits per heavy atom. The lowest BCUT2D eigenvalue weighted by Gasteiger charge is -2.28.